The normalized spacial score (nSPS) is 17.1. The van der Waals surface area contributed by atoms with Crippen molar-refractivity contribution in [3.63, 3.8) is 0 Å². The Bertz CT molecular complexity index is 602. The Kier molecular flexibility index (Phi) is 4.85. The Morgan fingerprint density at radius 2 is 2.14 bits per heavy atom. The Morgan fingerprint density at radius 3 is 2.86 bits per heavy atom. The van der Waals surface area contributed by atoms with Crippen LogP contribution < -0.4 is 4.74 Å². The molecule has 1 aromatic carbocycles. The quantitative estimate of drug-likeness (QED) is 0.849. The molecule has 2 heterocycles. The second-order valence-corrected chi connectivity index (χ2v) is 5.51. The highest BCUT2D eigenvalue weighted by Crippen LogP contribution is 2.25. The second kappa shape index (κ2) is 7.22. The van der Waals surface area contributed by atoms with Crippen LogP contribution in [0.5, 0.6) is 5.75 Å². The molecule has 0 N–H and O–H groups in total. The molecule has 5 heteroatoms. The van der Waals surface area contributed by atoms with E-state index in [1.807, 2.05) is 18.2 Å². The molecule has 0 spiro atoms. The summed E-state index contributed by atoms with van der Waals surface area (Å²) in [6.07, 6.45) is 7.92. The molecular formula is C17H21N3O2. The van der Waals surface area contributed by atoms with Crippen molar-refractivity contribution in [1.82, 2.24) is 15.0 Å². The highest BCUT2D eigenvalue weighted by molar-refractivity contribution is 5.57. The summed E-state index contributed by atoms with van der Waals surface area (Å²) in [6.45, 7) is 3.09. The van der Waals surface area contributed by atoms with Crippen molar-refractivity contribution in [1.29, 1.82) is 0 Å². The number of likely N-dealkylation sites (tertiary alicyclic amines) is 1. The van der Waals surface area contributed by atoms with Gasteiger partial charge in [-0.05, 0) is 32.0 Å². The first-order chi connectivity index (χ1) is 10.9. The summed E-state index contributed by atoms with van der Waals surface area (Å²) in [7, 11) is 1.70. The third kappa shape index (κ3) is 3.54. The Morgan fingerprint density at radius 1 is 1.32 bits per heavy atom. The second-order valence-electron chi connectivity index (χ2n) is 5.51. The fourth-order valence-electron chi connectivity index (χ4n) is 2.87. The molecule has 0 atom stereocenters. The third-order valence-electron chi connectivity index (χ3n) is 4.13. The van der Waals surface area contributed by atoms with Crippen molar-refractivity contribution < 1.29 is 9.26 Å². The van der Waals surface area contributed by atoms with Gasteiger partial charge in [-0.25, -0.2) is 0 Å². The van der Waals surface area contributed by atoms with Gasteiger partial charge in [-0.3, -0.25) is 4.90 Å². The monoisotopic (exact) mass is 299 g/mol. The van der Waals surface area contributed by atoms with Gasteiger partial charge >= 0.3 is 0 Å². The van der Waals surface area contributed by atoms with Crippen LogP contribution >= 0.6 is 0 Å². The lowest BCUT2D eigenvalue weighted by atomic mass is 9.96. The van der Waals surface area contributed by atoms with Crippen LogP contribution in [0.2, 0.25) is 0 Å². The SMILES string of the molecule is COc1ccccc1/C=C/CN1CCC(c2ncon2)CC1. The van der Waals surface area contributed by atoms with Crippen molar-refractivity contribution in [2.75, 3.05) is 26.7 Å². The van der Waals surface area contributed by atoms with Gasteiger partial charge in [0.2, 0.25) is 6.39 Å². The maximum absolute atomic E-state index is 5.36. The van der Waals surface area contributed by atoms with E-state index in [0.29, 0.717) is 5.92 Å². The molecule has 1 aliphatic rings. The van der Waals surface area contributed by atoms with Crippen LogP contribution in [0.1, 0.15) is 30.1 Å². The molecule has 2 aromatic rings. The van der Waals surface area contributed by atoms with Crippen LogP contribution in [0.4, 0.5) is 0 Å². The molecule has 0 amide bonds. The zero-order valence-corrected chi connectivity index (χ0v) is 12.8. The molecule has 0 aliphatic carbocycles. The summed E-state index contributed by atoms with van der Waals surface area (Å²) in [4.78, 5) is 6.61. The fraction of sp³-hybridized carbons (Fsp3) is 0.412. The molecule has 0 unspecified atom stereocenters. The molecule has 1 fully saturated rings. The van der Waals surface area contributed by atoms with E-state index in [4.69, 9.17) is 9.26 Å². The number of para-hydroxylation sites is 1. The number of rotatable bonds is 5. The van der Waals surface area contributed by atoms with Gasteiger partial charge < -0.3 is 9.26 Å². The van der Waals surface area contributed by atoms with Gasteiger partial charge in [0.1, 0.15) is 5.75 Å². The first-order valence-electron chi connectivity index (χ1n) is 7.65. The molecule has 0 radical (unpaired) electrons. The highest BCUT2D eigenvalue weighted by atomic mass is 16.5. The first-order valence-corrected chi connectivity index (χ1v) is 7.65. The minimum Gasteiger partial charge on any atom is -0.496 e. The molecule has 1 saturated heterocycles. The molecule has 0 saturated carbocycles. The molecular weight excluding hydrogens is 278 g/mol. The van der Waals surface area contributed by atoms with Crippen LogP contribution in [0.3, 0.4) is 0 Å². The molecule has 22 heavy (non-hydrogen) atoms. The van der Waals surface area contributed by atoms with E-state index in [1.54, 1.807) is 7.11 Å². The predicted molar refractivity (Wildman–Crippen MR) is 84.7 cm³/mol. The summed E-state index contributed by atoms with van der Waals surface area (Å²) < 4.78 is 10.2. The van der Waals surface area contributed by atoms with Crippen molar-refractivity contribution in [2.45, 2.75) is 18.8 Å². The third-order valence-corrected chi connectivity index (χ3v) is 4.13. The number of methoxy groups -OCH3 is 1. The van der Waals surface area contributed by atoms with E-state index in [0.717, 1.165) is 49.6 Å². The number of piperidine rings is 1. The number of hydrogen-bond donors (Lipinski definition) is 0. The van der Waals surface area contributed by atoms with Crippen LogP contribution in [0.15, 0.2) is 41.3 Å². The minimum atomic E-state index is 0.438. The van der Waals surface area contributed by atoms with Gasteiger partial charge in [0, 0.05) is 18.0 Å². The Balaban J connectivity index is 1.50. The average molecular weight is 299 g/mol. The summed E-state index contributed by atoms with van der Waals surface area (Å²) in [5, 5.41) is 3.95. The van der Waals surface area contributed by atoms with Crippen molar-refractivity contribution in [2.24, 2.45) is 0 Å². The minimum absolute atomic E-state index is 0.438. The van der Waals surface area contributed by atoms with Crippen molar-refractivity contribution >= 4 is 6.08 Å². The molecule has 1 aliphatic heterocycles. The van der Waals surface area contributed by atoms with Gasteiger partial charge in [-0.1, -0.05) is 35.5 Å². The Labute approximate surface area is 130 Å². The van der Waals surface area contributed by atoms with E-state index in [9.17, 15) is 0 Å². The van der Waals surface area contributed by atoms with Crippen LogP contribution in [-0.2, 0) is 0 Å². The number of benzene rings is 1. The number of aromatic nitrogens is 2. The lowest BCUT2D eigenvalue weighted by Crippen LogP contribution is -2.33. The maximum Gasteiger partial charge on any atom is 0.213 e. The molecule has 3 rings (SSSR count). The lowest BCUT2D eigenvalue weighted by Gasteiger charge is -2.29. The van der Waals surface area contributed by atoms with E-state index >= 15 is 0 Å². The summed E-state index contributed by atoms with van der Waals surface area (Å²) >= 11 is 0. The highest BCUT2D eigenvalue weighted by Gasteiger charge is 2.22. The zero-order valence-electron chi connectivity index (χ0n) is 12.8. The zero-order chi connectivity index (χ0) is 15.2. The molecule has 5 nitrogen and oxygen atoms in total. The predicted octanol–water partition coefficient (Wildman–Crippen LogP) is 2.97. The van der Waals surface area contributed by atoms with E-state index in [2.05, 4.69) is 33.3 Å². The fourth-order valence-corrected chi connectivity index (χ4v) is 2.87. The van der Waals surface area contributed by atoms with Crippen LogP contribution in [-0.4, -0.2) is 41.8 Å². The standard InChI is InChI=1S/C17H21N3O2/c1-21-16-7-3-2-5-14(16)6-4-10-20-11-8-15(9-12-20)17-18-13-22-19-17/h2-7,13,15H,8-12H2,1H3/b6-4+. The smallest absolute Gasteiger partial charge is 0.213 e. The van der Waals surface area contributed by atoms with Crippen LogP contribution in [0.25, 0.3) is 6.08 Å². The van der Waals surface area contributed by atoms with Gasteiger partial charge in [-0.2, -0.15) is 4.98 Å². The number of nitrogens with zero attached hydrogens (tertiary/aromatic N) is 3. The van der Waals surface area contributed by atoms with E-state index in [1.165, 1.54) is 6.39 Å². The summed E-state index contributed by atoms with van der Waals surface area (Å²) in [6, 6.07) is 8.06. The number of ether oxygens (including phenoxy) is 1. The average Bonchev–Trinajstić information content (AvgIpc) is 3.10. The summed E-state index contributed by atoms with van der Waals surface area (Å²) in [5.74, 6) is 2.20. The van der Waals surface area contributed by atoms with Crippen molar-refractivity contribution in [3.05, 3.63) is 48.1 Å². The molecule has 1 aromatic heterocycles. The van der Waals surface area contributed by atoms with Crippen LogP contribution in [0, 0.1) is 0 Å². The lowest BCUT2D eigenvalue weighted by molar-refractivity contribution is 0.227. The molecule has 0 bridgehead atoms. The van der Waals surface area contributed by atoms with E-state index in [-0.39, 0.29) is 0 Å². The Hall–Kier alpha value is -2.14. The van der Waals surface area contributed by atoms with Crippen molar-refractivity contribution in [3.8, 4) is 5.75 Å². The first kappa shape index (κ1) is 14.8. The van der Waals surface area contributed by atoms with Gasteiger partial charge in [0.15, 0.2) is 5.82 Å². The topological polar surface area (TPSA) is 51.4 Å². The van der Waals surface area contributed by atoms with Gasteiger partial charge in [0.25, 0.3) is 0 Å². The maximum atomic E-state index is 5.36. The van der Waals surface area contributed by atoms with E-state index < -0.39 is 0 Å². The number of hydrogen-bond acceptors (Lipinski definition) is 5. The molecule has 116 valence electrons. The largest absolute Gasteiger partial charge is 0.496 e. The summed E-state index contributed by atoms with van der Waals surface area (Å²) in [5.41, 5.74) is 1.12. The van der Waals surface area contributed by atoms with Gasteiger partial charge in [-0.15, -0.1) is 0 Å². The van der Waals surface area contributed by atoms with Gasteiger partial charge in [0.05, 0.1) is 7.11 Å².